The number of halogens is 1. The molecule has 0 saturated heterocycles. The predicted molar refractivity (Wildman–Crippen MR) is 60.8 cm³/mol. The molecule has 0 spiro atoms. The third-order valence-corrected chi connectivity index (χ3v) is 3.37. The molecule has 0 aromatic carbocycles. The van der Waals surface area contributed by atoms with E-state index in [0.29, 0.717) is 11.9 Å². The molecule has 0 aliphatic heterocycles. The number of thiophene rings is 1. The van der Waals surface area contributed by atoms with E-state index in [4.69, 9.17) is 11.6 Å². The minimum atomic E-state index is 0.474. The molecule has 1 nitrogen and oxygen atoms in total. The Hall–Kier alpha value is -0.0500. The van der Waals surface area contributed by atoms with Gasteiger partial charge in [0.2, 0.25) is 0 Å². The van der Waals surface area contributed by atoms with Crippen LogP contribution in [0.2, 0.25) is 0 Å². The Balaban J connectivity index is 2.13. The Kier molecular flexibility index (Phi) is 5.44. The molecule has 13 heavy (non-hydrogen) atoms. The van der Waals surface area contributed by atoms with Crippen LogP contribution in [0.1, 0.15) is 18.2 Å². The summed E-state index contributed by atoms with van der Waals surface area (Å²) >= 11 is 7.59. The zero-order valence-corrected chi connectivity index (χ0v) is 9.50. The maximum absolute atomic E-state index is 5.77. The van der Waals surface area contributed by atoms with E-state index in [1.165, 1.54) is 4.88 Å². The summed E-state index contributed by atoms with van der Waals surface area (Å²) in [4.78, 5) is 1.44. The Bertz CT molecular complexity index is 207. The highest BCUT2D eigenvalue weighted by molar-refractivity contribution is 7.09. The minimum absolute atomic E-state index is 0.474. The first-order valence-corrected chi connectivity index (χ1v) is 6.10. The van der Waals surface area contributed by atoms with E-state index in [2.05, 4.69) is 29.8 Å². The lowest BCUT2D eigenvalue weighted by atomic mass is 10.2. The highest BCUT2D eigenvalue weighted by atomic mass is 35.5. The van der Waals surface area contributed by atoms with E-state index in [1.807, 2.05) is 11.3 Å². The van der Waals surface area contributed by atoms with Crippen molar-refractivity contribution in [2.75, 3.05) is 12.4 Å². The third-order valence-electron chi connectivity index (χ3n) is 2.06. The highest BCUT2D eigenvalue weighted by Gasteiger charge is 2.02. The topological polar surface area (TPSA) is 12.0 Å². The van der Waals surface area contributed by atoms with Crippen molar-refractivity contribution in [1.82, 2.24) is 5.32 Å². The molecule has 1 heterocycles. The Labute approximate surface area is 89.1 Å². The van der Waals surface area contributed by atoms with Crippen molar-refractivity contribution in [1.29, 1.82) is 0 Å². The van der Waals surface area contributed by atoms with Gasteiger partial charge in [0, 0.05) is 23.3 Å². The summed E-state index contributed by atoms with van der Waals surface area (Å²) < 4.78 is 0. The number of alkyl halides is 1. The van der Waals surface area contributed by atoms with E-state index in [9.17, 15) is 0 Å². The van der Waals surface area contributed by atoms with Crippen LogP contribution in [0.3, 0.4) is 0 Å². The smallest absolute Gasteiger partial charge is 0.0377 e. The van der Waals surface area contributed by atoms with Crippen molar-refractivity contribution < 1.29 is 0 Å². The first-order chi connectivity index (χ1) is 6.36. The molecule has 1 aromatic heterocycles. The fourth-order valence-electron chi connectivity index (χ4n) is 1.16. The fraction of sp³-hybridized carbons (Fsp3) is 0.600. The number of rotatable bonds is 6. The monoisotopic (exact) mass is 217 g/mol. The summed E-state index contributed by atoms with van der Waals surface area (Å²) in [6.07, 6.45) is 2.22. The van der Waals surface area contributed by atoms with Crippen molar-refractivity contribution >= 4 is 22.9 Å². The van der Waals surface area contributed by atoms with E-state index < -0.39 is 0 Å². The lowest BCUT2D eigenvalue weighted by Crippen LogP contribution is -2.31. The molecule has 74 valence electrons. The maximum Gasteiger partial charge on any atom is 0.0377 e. The van der Waals surface area contributed by atoms with Crippen LogP contribution in [-0.2, 0) is 6.42 Å². The van der Waals surface area contributed by atoms with Crippen molar-refractivity contribution in [3.63, 3.8) is 0 Å². The number of hydrogen-bond donors (Lipinski definition) is 1. The Morgan fingerprint density at radius 1 is 1.62 bits per heavy atom. The number of nitrogens with one attached hydrogen (secondary N) is 1. The Morgan fingerprint density at radius 3 is 3.00 bits per heavy atom. The lowest BCUT2D eigenvalue weighted by molar-refractivity contribution is 0.543. The van der Waals surface area contributed by atoms with Gasteiger partial charge in [-0.2, -0.15) is 0 Å². The molecule has 3 heteroatoms. The van der Waals surface area contributed by atoms with Gasteiger partial charge >= 0.3 is 0 Å². The third kappa shape index (κ3) is 4.12. The van der Waals surface area contributed by atoms with Crippen LogP contribution < -0.4 is 5.32 Å². The normalized spacial score (nSPS) is 13.1. The van der Waals surface area contributed by atoms with Crippen LogP contribution in [0, 0.1) is 0 Å². The van der Waals surface area contributed by atoms with E-state index >= 15 is 0 Å². The fourth-order valence-corrected chi connectivity index (χ4v) is 2.20. The van der Waals surface area contributed by atoms with Crippen LogP contribution in [-0.4, -0.2) is 18.5 Å². The van der Waals surface area contributed by atoms with Crippen LogP contribution in [0.25, 0.3) is 0 Å². The molecule has 1 aromatic rings. The molecule has 0 fully saturated rings. The first kappa shape index (κ1) is 11.0. The van der Waals surface area contributed by atoms with E-state index in [1.54, 1.807) is 0 Å². The summed E-state index contributed by atoms with van der Waals surface area (Å²) in [5, 5.41) is 5.55. The van der Waals surface area contributed by atoms with Crippen LogP contribution >= 0.6 is 22.9 Å². The molecule has 1 rings (SSSR count). The van der Waals surface area contributed by atoms with Gasteiger partial charge in [-0.3, -0.25) is 0 Å². The molecule has 0 saturated carbocycles. The van der Waals surface area contributed by atoms with Crippen molar-refractivity contribution in [2.45, 2.75) is 25.8 Å². The molecule has 1 atom stereocenters. The molecular formula is C10H16ClNS. The van der Waals surface area contributed by atoms with E-state index in [0.717, 1.165) is 19.4 Å². The van der Waals surface area contributed by atoms with Crippen molar-refractivity contribution in [3.05, 3.63) is 22.4 Å². The molecule has 0 amide bonds. The van der Waals surface area contributed by atoms with E-state index in [-0.39, 0.29) is 0 Å². The predicted octanol–water partition coefficient (Wildman–Crippen LogP) is 2.90. The molecule has 0 bridgehead atoms. The zero-order chi connectivity index (χ0) is 9.52. The second-order valence-corrected chi connectivity index (χ2v) is 4.38. The lowest BCUT2D eigenvalue weighted by Gasteiger charge is -2.12. The SMILES string of the molecule is CCC(CCl)NCCc1cccs1. The summed E-state index contributed by atoms with van der Waals surface area (Å²) in [5.41, 5.74) is 0. The van der Waals surface area contributed by atoms with Gasteiger partial charge in [0.15, 0.2) is 0 Å². The maximum atomic E-state index is 5.77. The van der Waals surface area contributed by atoms with Crippen LogP contribution in [0.5, 0.6) is 0 Å². The average Bonchev–Trinajstić information content (AvgIpc) is 2.65. The molecular weight excluding hydrogens is 202 g/mol. The quantitative estimate of drug-likeness (QED) is 0.723. The van der Waals surface area contributed by atoms with Gasteiger partial charge in [-0.25, -0.2) is 0 Å². The minimum Gasteiger partial charge on any atom is -0.312 e. The molecule has 0 aliphatic carbocycles. The molecule has 1 unspecified atom stereocenters. The molecule has 0 aliphatic rings. The highest BCUT2D eigenvalue weighted by Crippen LogP contribution is 2.08. The van der Waals surface area contributed by atoms with Gasteiger partial charge in [-0.15, -0.1) is 22.9 Å². The number of hydrogen-bond acceptors (Lipinski definition) is 2. The van der Waals surface area contributed by atoms with Gasteiger partial charge in [0.1, 0.15) is 0 Å². The largest absolute Gasteiger partial charge is 0.312 e. The van der Waals surface area contributed by atoms with Gasteiger partial charge < -0.3 is 5.32 Å². The zero-order valence-electron chi connectivity index (χ0n) is 7.92. The summed E-state index contributed by atoms with van der Waals surface area (Å²) in [5.74, 6) is 0.709. The second kappa shape index (κ2) is 6.41. The van der Waals surface area contributed by atoms with Crippen molar-refractivity contribution in [2.24, 2.45) is 0 Å². The molecule has 0 radical (unpaired) electrons. The summed E-state index contributed by atoms with van der Waals surface area (Å²) in [6.45, 7) is 3.19. The van der Waals surface area contributed by atoms with Gasteiger partial charge in [0.05, 0.1) is 0 Å². The van der Waals surface area contributed by atoms with Gasteiger partial charge in [-0.1, -0.05) is 13.0 Å². The summed E-state index contributed by atoms with van der Waals surface area (Å²) in [7, 11) is 0. The van der Waals surface area contributed by atoms with Crippen molar-refractivity contribution in [3.8, 4) is 0 Å². The van der Waals surface area contributed by atoms with Gasteiger partial charge in [0.25, 0.3) is 0 Å². The average molecular weight is 218 g/mol. The Morgan fingerprint density at radius 2 is 2.46 bits per heavy atom. The molecule has 1 N–H and O–H groups in total. The second-order valence-electron chi connectivity index (χ2n) is 3.04. The standard InChI is InChI=1S/C10H16ClNS/c1-2-9(8-11)12-6-5-10-4-3-7-13-10/h3-4,7,9,12H,2,5-6,8H2,1H3. The van der Waals surface area contributed by atoms with Gasteiger partial charge in [-0.05, 0) is 24.3 Å². The van der Waals surface area contributed by atoms with Crippen LogP contribution in [0.4, 0.5) is 0 Å². The van der Waals surface area contributed by atoms with Crippen LogP contribution in [0.15, 0.2) is 17.5 Å². The summed E-state index contributed by atoms with van der Waals surface area (Å²) in [6, 6.07) is 4.74. The first-order valence-electron chi connectivity index (χ1n) is 4.68.